The highest BCUT2D eigenvalue weighted by atomic mass is 35.5. The van der Waals surface area contributed by atoms with E-state index in [1.54, 1.807) is 0 Å². The van der Waals surface area contributed by atoms with Crippen LogP contribution in [-0.4, -0.2) is 5.88 Å². The first-order valence-corrected chi connectivity index (χ1v) is 3.97. The molecule has 0 aliphatic heterocycles. The summed E-state index contributed by atoms with van der Waals surface area (Å²) in [5.41, 5.74) is 1.21. The predicted octanol–water partition coefficient (Wildman–Crippen LogP) is 2.91. The first-order chi connectivity index (χ1) is 4.86. The topological polar surface area (TPSA) is 0 Å². The molecule has 0 amide bonds. The van der Waals surface area contributed by atoms with Crippen molar-refractivity contribution in [3.05, 3.63) is 36.5 Å². The number of rotatable bonds is 2. The van der Waals surface area contributed by atoms with Gasteiger partial charge in [-0.1, -0.05) is 30.9 Å². The molecule has 0 radical (unpaired) electrons. The van der Waals surface area contributed by atoms with Crippen molar-refractivity contribution >= 4 is 11.6 Å². The third-order valence-corrected chi connectivity index (χ3v) is 2.05. The van der Waals surface area contributed by atoms with Gasteiger partial charge in [0.25, 0.3) is 0 Å². The van der Waals surface area contributed by atoms with E-state index in [0.717, 1.165) is 12.3 Å². The smallest absolute Gasteiger partial charge is 0.0289 e. The molecule has 1 aliphatic carbocycles. The Labute approximate surface area is 66.9 Å². The van der Waals surface area contributed by atoms with Crippen molar-refractivity contribution in [1.82, 2.24) is 0 Å². The van der Waals surface area contributed by atoms with E-state index in [1.165, 1.54) is 5.57 Å². The minimum absolute atomic E-state index is 0.533. The van der Waals surface area contributed by atoms with Gasteiger partial charge in [0, 0.05) is 5.88 Å². The van der Waals surface area contributed by atoms with Crippen molar-refractivity contribution in [1.29, 1.82) is 0 Å². The van der Waals surface area contributed by atoms with E-state index in [4.69, 9.17) is 11.6 Å². The molecule has 1 aliphatic rings. The van der Waals surface area contributed by atoms with E-state index < -0.39 is 0 Å². The predicted molar refractivity (Wildman–Crippen MR) is 46.2 cm³/mol. The second-order valence-corrected chi connectivity index (χ2v) is 2.73. The van der Waals surface area contributed by atoms with Crippen molar-refractivity contribution in [2.75, 3.05) is 5.88 Å². The number of halogens is 1. The first-order valence-electron chi connectivity index (χ1n) is 3.43. The average Bonchev–Trinajstić information content (AvgIpc) is 2.05. The Morgan fingerprint density at radius 2 is 2.60 bits per heavy atom. The van der Waals surface area contributed by atoms with Crippen molar-refractivity contribution in [2.24, 2.45) is 5.92 Å². The lowest BCUT2D eigenvalue weighted by Crippen LogP contribution is -1.99. The van der Waals surface area contributed by atoms with E-state index in [9.17, 15) is 0 Å². The summed E-state index contributed by atoms with van der Waals surface area (Å²) >= 11 is 5.66. The SMILES string of the molecule is C=CC1=CCC(CCl)C=C1. The number of allylic oxidation sites excluding steroid dienone is 5. The monoisotopic (exact) mass is 154 g/mol. The molecule has 0 saturated heterocycles. The minimum Gasteiger partial charge on any atom is -0.126 e. The van der Waals surface area contributed by atoms with E-state index >= 15 is 0 Å². The average molecular weight is 155 g/mol. The number of hydrogen-bond donors (Lipinski definition) is 0. The fraction of sp³-hybridized carbons (Fsp3) is 0.333. The van der Waals surface area contributed by atoms with Gasteiger partial charge in [-0.05, 0) is 17.9 Å². The van der Waals surface area contributed by atoms with Crippen LogP contribution in [0.4, 0.5) is 0 Å². The summed E-state index contributed by atoms with van der Waals surface area (Å²) in [6.45, 7) is 3.68. The van der Waals surface area contributed by atoms with E-state index in [1.807, 2.05) is 6.08 Å². The Hall–Kier alpha value is -0.490. The van der Waals surface area contributed by atoms with Crippen LogP contribution in [0.15, 0.2) is 36.5 Å². The molecular formula is C9H11Cl. The lowest BCUT2D eigenvalue weighted by molar-refractivity contribution is 0.741. The largest absolute Gasteiger partial charge is 0.126 e. The van der Waals surface area contributed by atoms with Crippen LogP contribution in [0.25, 0.3) is 0 Å². The van der Waals surface area contributed by atoms with Crippen molar-refractivity contribution in [2.45, 2.75) is 6.42 Å². The molecule has 1 heteroatoms. The molecule has 0 fully saturated rings. The molecule has 0 spiro atoms. The van der Waals surface area contributed by atoms with Gasteiger partial charge in [-0.15, -0.1) is 11.6 Å². The Bertz CT molecular complexity index is 177. The molecule has 1 atom stereocenters. The normalized spacial score (nSPS) is 24.1. The molecule has 0 aromatic carbocycles. The van der Waals surface area contributed by atoms with Crippen molar-refractivity contribution in [3.8, 4) is 0 Å². The Morgan fingerprint density at radius 1 is 1.80 bits per heavy atom. The molecule has 0 heterocycles. The first kappa shape index (κ1) is 7.62. The maximum absolute atomic E-state index is 5.66. The fourth-order valence-corrected chi connectivity index (χ4v) is 1.18. The minimum atomic E-state index is 0.533. The van der Waals surface area contributed by atoms with E-state index in [-0.39, 0.29) is 0 Å². The maximum atomic E-state index is 5.66. The standard InChI is InChI=1S/C9H11Cl/c1-2-8-3-5-9(7-10)6-4-8/h2-5,9H,1,6-7H2. The third-order valence-electron chi connectivity index (χ3n) is 1.65. The Balaban J connectivity index is 2.54. The zero-order chi connectivity index (χ0) is 7.40. The van der Waals surface area contributed by atoms with Gasteiger partial charge in [0.15, 0.2) is 0 Å². The molecule has 0 bridgehead atoms. The van der Waals surface area contributed by atoms with Gasteiger partial charge in [-0.3, -0.25) is 0 Å². The summed E-state index contributed by atoms with van der Waals surface area (Å²) in [4.78, 5) is 0. The van der Waals surface area contributed by atoms with Crippen LogP contribution in [-0.2, 0) is 0 Å². The van der Waals surface area contributed by atoms with Gasteiger partial charge in [0.1, 0.15) is 0 Å². The fourth-order valence-electron chi connectivity index (χ4n) is 0.947. The third kappa shape index (κ3) is 1.74. The van der Waals surface area contributed by atoms with Crippen molar-refractivity contribution < 1.29 is 0 Å². The van der Waals surface area contributed by atoms with Gasteiger partial charge in [0.2, 0.25) is 0 Å². The molecule has 1 unspecified atom stereocenters. The van der Waals surface area contributed by atoms with E-state index in [0.29, 0.717) is 5.92 Å². The zero-order valence-corrected chi connectivity index (χ0v) is 6.64. The molecule has 0 saturated carbocycles. The van der Waals surface area contributed by atoms with Crippen LogP contribution in [0.1, 0.15) is 6.42 Å². The lowest BCUT2D eigenvalue weighted by Gasteiger charge is -2.10. The van der Waals surface area contributed by atoms with Crippen LogP contribution in [0.3, 0.4) is 0 Å². The van der Waals surface area contributed by atoms with Crippen LogP contribution < -0.4 is 0 Å². The van der Waals surface area contributed by atoms with Gasteiger partial charge >= 0.3 is 0 Å². The molecule has 10 heavy (non-hydrogen) atoms. The Morgan fingerprint density at radius 3 is 3.00 bits per heavy atom. The summed E-state index contributed by atoms with van der Waals surface area (Å²) in [5.74, 6) is 1.25. The summed E-state index contributed by atoms with van der Waals surface area (Å²) in [7, 11) is 0. The second-order valence-electron chi connectivity index (χ2n) is 2.42. The molecule has 0 nitrogen and oxygen atoms in total. The highest BCUT2D eigenvalue weighted by Gasteiger charge is 2.04. The van der Waals surface area contributed by atoms with Crippen LogP contribution >= 0.6 is 11.6 Å². The molecular weight excluding hydrogens is 144 g/mol. The maximum Gasteiger partial charge on any atom is 0.0289 e. The summed E-state index contributed by atoms with van der Waals surface area (Å²) in [6.07, 6.45) is 9.30. The highest BCUT2D eigenvalue weighted by molar-refractivity contribution is 6.18. The quantitative estimate of drug-likeness (QED) is 0.537. The van der Waals surface area contributed by atoms with Crippen LogP contribution in [0.2, 0.25) is 0 Å². The van der Waals surface area contributed by atoms with Gasteiger partial charge in [-0.2, -0.15) is 0 Å². The zero-order valence-electron chi connectivity index (χ0n) is 5.89. The number of hydrogen-bond acceptors (Lipinski definition) is 0. The summed E-state index contributed by atoms with van der Waals surface area (Å²) in [5, 5.41) is 0. The second kappa shape index (κ2) is 3.62. The Kier molecular flexibility index (Phi) is 2.76. The van der Waals surface area contributed by atoms with Crippen molar-refractivity contribution in [3.63, 3.8) is 0 Å². The molecule has 0 N–H and O–H groups in total. The molecule has 0 aromatic rings. The van der Waals surface area contributed by atoms with Gasteiger partial charge < -0.3 is 0 Å². The molecule has 1 rings (SSSR count). The summed E-state index contributed by atoms with van der Waals surface area (Å²) in [6, 6.07) is 0. The highest BCUT2D eigenvalue weighted by Crippen LogP contribution is 2.17. The van der Waals surface area contributed by atoms with Crippen LogP contribution in [0.5, 0.6) is 0 Å². The molecule has 54 valence electrons. The summed E-state index contributed by atoms with van der Waals surface area (Å²) < 4.78 is 0. The van der Waals surface area contributed by atoms with Crippen LogP contribution in [0, 0.1) is 5.92 Å². The van der Waals surface area contributed by atoms with Gasteiger partial charge in [-0.25, -0.2) is 0 Å². The van der Waals surface area contributed by atoms with Gasteiger partial charge in [0.05, 0.1) is 0 Å². The molecule has 0 aromatic heterocycles. The van der Waals surface area contributed by atoms with E-state index in [2.05, 4.69) is 24.8 Å². The lowest BCUT2D eigenvalue weighted by atomic mass is 9.99. The number of alkyl halides is 1.